The van der Waals surface area contributed by atoms with Gasteiger partial charge in [-0.3, -0.25) is 0 Å². The fourth-order valence-electron chi connectivity index (χ4n) is 2.36. The van der Waals surface area contributed by atoms with Gasteiger partial charge >= 0.3 is 0 Å². The Bertz CT molecular complexity index is 367. The van der Waals surface area contributed by atoms with E-state index in [4.69, 9.17) is 11.6 Å². The minimum atomic E-state index is 0.288. The van der Waals surface area contributed by atoms with Crippen molar-refractivity contribution in [1.82, 2.24) is 0 Å². The fraction of sp³-hybridized carbons (Fsp3) is 0.538. The fourth-order valence-corrected chi connectivity index (χ4v) is 2.52. The van der Waals surface area contributed by atoms with Gasteiger partial charge in [-0.05, 0) is 43.4 Å². The lowest BCUT2D eigenvalue weighted by Crippen LogP contribution is -2.37. The number of nitrogens with zero attached hydrogens (tertiary/aromatic N) is 1. The first-order valence-electron chi connectivity index (χ1n) is 5.82. The molecule has 1 saturated heterocycles. The van der Waals surface area contributed by atoms with Crippen LogP contribution in [0, 0.1) is 12.8 Å². The number of halogens is 1. The van der Waals surface area contributed by atoms with Crippen molar-refractivity contribution in [1.29, 1.82) is 0 Å². The highest BCUT2D eigenvalue weighted by Crippen LogP contribution is 2.28. The largest absolute Gasteiger partial charge is 0.396 e. The van der Waals surface area contributed by atoms with Crippen LogP contribution in [-0.4, -0.2) is 24.8 Å². The number of anilines is 1. The highest BCUT2D eigenvalue weighted by atomic mass is 35.5. The molecule has 1 unspecified atom stereocenters. The molecule has 16 heavy (non-hydrogen) atoms. The van der Waals surface area contributed by atoms with Crippen molar-refractivity contribution in [3.05, 3.63) is 28.8 Å². The zero-order valence-corrected chi connectivity index (χ0v) is 10.4. The zero-order valence-electron chi connectivity index (χ0n) is 9.62. The molecular weight excluding hydrogens is 222 g/mol. The summed E-state index contributed by atoms with van der Waals surface area (Å²) in [7, 11) is 0. The van der Waals surface area contributed by atoms with Crippen LogP contribution in [0.1, 0.15) is 18.4 Å². The van der Waals surface area contributed by atoms with Crippen molar-refractivity contribution in [2.24, 2.45) is 5.92 Å². The van der Waals surface area contributed by atoms with Crippen LogP contribution in [0.3, 0.4) is 0 Å². The van der Waals surface area contributed by atoms with Crippen LogP contribution in [-0.2, 0) is 0 Å². The van der Waals surface area contributed by atoms with Crippen LogP contribution in [0.25, 0.3) is 0 Å². The summed E-state index contributed by atoms with van der Waals surface area (Å²) in [6.45, 7) is 4.40. The Balaban J connectivity index is 2.19. The van der Waals surface area contributed by atoms with E-state index in [0.29, 0.717) is 5.92 Å². The summed E-state index contributed by atoms with van der Waals surface area (Å²) < 4.78 is 0. The first-order chi connectivity index (χ1) is 7.70. The molecule has 1 aromatic carbocycles. The Labute approximate surface area is 102 Å². The zero-order chi connectivity index (χ0) is 11.5. The third kappa shape index (κ3) is 2.50. The lowest BCUT2D eigenvalue weighted by atomic mass is 9.98. The molecule has 0 radical (unpaired) electrons. The quantitative estimate of drug-likeness (QED) is 0.858. The van der Waals surface area contributed by atoms with E-state index in [1.54, 1.807) is 0 Å². The third-order valence-electron chi connectivity index (χ3n) is 3.29. The monoisotopic (exact) mass is 239 g/mol. The Morgan fingerprint density at radius 2 is 2.31 bits per heavy atom. The van der Waals surface area contributed by atoms with Crippen LogP contribution in [0.15, 0.2) is 18.2 Å². The van der Waals surface area contributed by atoms with E-state index in [2.05, 4.69) is 17.9 Å². The van der Waals surface area contributed by atoms with Crippen molar-refractivity contribution in [2.75, 3.05) is 24.6 Å². The van der Waals surface area contributed by atoms with Gasteiger partial charge < -0.3 is 10.0 Å². The van der Waals surface area contributed by atoms with Gasteiger partial charge in [-0.15, -0.1) is 0 Å². The van der Waals surface area contributed by atoms with Gasteiger partial charge in [0.1, 0.15) is 0 Å². The Kier molecular flexibility index (Phi) is 3.72. The summed E-state index contributed by atoms with van der Waals surface area (Å²) in [6.07, 6.45) is 2.28. The summed E-state index contributed by atoms with van der Waals surface area (Å²) in [5.74, 6) is 0.409. The van der Waals surface area contributed by atoms with Crippen molar-refractivity contribution < 1.29 is 5.11 Å². The molecule has 0 amide bonds. The van der Waals surface area contributed by atoms with Gasteiger partial charge in [0, 0.05) is 30.4 Å². The van der Waals surface area contributed by atoms with Gasteiger partial charge in [-0.2, -0.15) is 0 Å². The number of aryl methyl sites for hydroxylation is 1. The van der Waals surface area contributed by atoms with Gasteiger partial charge in [0.15, 0.2) is 0 Å². The maximum atomic E-state index is 9.23. The molecule has 1 aliphatic heterocycles. The van der Waals surface area contributed by atoms with E-state index in [-0.39, 0.29) is 6.61 Å². The molecule has 0 aromatic heterocycles. The summed E-state index contributed by atoms with van der Waals surface area (Å²) in [5, 5.41) is 10.0. The van der Waals surface area contributed by atoms with E-state index >= 15 is 0 Å². The SMILES string of the molecule is Cc1ccc(Cl)cc1N1CCCC(CO)C1. The van der Waals surface area contributed by atoms with Crippen molar-refractivity contribution in [3.8, 4) is 0 Å². The lowest BCUT2D eigenvalue weighted by molar-refractivity contribution is 0.208. The first-order valence-corrected chi connectivity index (χ1v) is 6.20. The van der Waals surface area contributed by atoms with Crippen LogP contribution in [0.5, 0.6) is 0 Å². The summed E-state index contributed by atoms with van der Waals surface area (Å²) in [5.41, 5.74) is 2.47. The molecule has 0 spiro atoms. The van der Waals surface area contributed by atoms with Crippen molar-refractivity contribution in [3.63, 3.8) is 0 Å². The second-order valence-electron chi connectivity index (χ2n) is 4.57. The predicted molar refractivity (Wildman–Crippen MR) is 68.2 cm³/mol. The number of hydrogen-bond donors (Lipinski definition) is 1. The molecule has 1 N–H and O–H groups in total. The number of piperidine rings is 1. The number of aliphatic hydroxyl groups is 1. The number of benzene rings is 1. The molecular formula is C13H18ClNO. The maximum absolute atomic E-state index is 9.23. The molecule has 1 aliphatic rings. The molecule has 0 saturated carbocycles. The summed E-state index contributed by atoms with van der Waals surface area (Å²) >= 11 is 6.03. The van der Waals surface area contributed by atoms with E-state index < -0.39 is 0 Å². The Hall–Kier alpha value is -0.730. The standard InChI is InChI=1S/C13H18ClNO/c1-10-4-5-12(14)7-13(10)15-6-2-3-11(8-15)9-16/h4-5,7,11,16H,2-3,6,8-9H2,1H3. The predicted octanol–water partition coefficient (Wildman–Crippen LogP) is 2.86. The van der Waals surface area contributed by atoms with E-state index in [0.717, 1.165) is 31.0 Å². The molecule has 1 fully saturated rings. The number of aliphatic hydroxyl groups excluding tert-OH is 1. The lowest BCUT2D eigenvalue weighted by Gasteiger charge is -2.34. The topological polar surface area (TPSA) is 23.5 Å². The van der Waals surface area contributed by atoms with Crippen LogP contribution in [0.4, 0.5) is 5.69 Å². The van der Waals surface area contributed by atoms with Crippen LogP contribution >= 0.6 is 11.6 Å². The maximum Gasteiger partial charge on any atom is 0.0476 e. The van der Waals surface area contributed by atoms with Crippen molar-refractivity contribution in [2.45, 2.75) is 19.8 Å². The molecule has 2 rings (SSSR count). The summed E-state index contributed by atoms with van der Waals surface area (Å²) in [4.78, 5) is 2.34. The van der Waals surface area contributed by atoms with Gasteiger partial charge in [-0.1, -0.05) is 17.7 Å². The number of rotatable bonds is 2. The second-order valence-corrected chi connectivity index (χ2v) is 5.00. The third-order valence-corrected chi connectivity index (χ3v) is 3.52. The average molecular weight is 240 g/mol. The minimum Gasteiger partial charge on any atom is -0.396 e. The van der Waals surface area contributed by atoms with Crippen LogP contribution < -0.4 is 4.90 Å². The van der Waals surface area contributed by atoms with E-state index in [1.807, 2.05) is 12.1 Å². The van der Waals surface area contributed by atoms with Gasteiger partial charge in [0.05, 0.1) is 0 Å². The highest BCUT2D eigenvalue weighted by Gasteiger charge is 2.20. The molecule has 2 nitrogen and oxygen atoms in total. The van der Waals surface area contributed by atoms with Gasteiger partial charge in [-0.25, -0.2) is 0 Å². The Morgan fingerprint density at radius 1 is 1.50 bits per heavy atom. The molecule has 88 valence electrons. The Morgan fingerprint density at radius 3 is 3.06 bits per heavy atom. The van der Waals surface area contributed by atoms with Crippen LogP contribution in [0.2, 0.25) is 5.02 Å². The van der Waals surface area contributed by atoms with E-state index in [9.17, 15) is 5.11 Å². The second kappa shape index (κ2) is 5.07. The molecule has 0 aliphatic carbocycles. The average Bonchev–Trinajstić information content (AvgIpc) is 2.32. The first kappa shape index (κ1) is 11.7. The minimum absolute atomic E-state index is 0.288. The molecule has 3 heteroatoms. The van der Waals surface area contributed by atoms with Gasteiger partial charge in [0.25, 0.3) is 0 Å². The number of hydrogen-bond acceptors (Lipinski definition) is 2. The highest BCUT2D eigenvalue weighted by molar-refractivity contribution is 6.30. The summed E-state index contributed by atoms with van der Waals surface area (Å²) in [6, 6.07) is 6.00. The normalized spacial score (nSPS) is 21.2. The molecule has 0 bridgehead atoms. The van der Waals surface area contributed by atoms with E-state index in [1.165, 1.54) is 11.3 Å². The molecule has 1 heterocycles. The molecule has 1 aromatic rings. The molecule has 1 atom stereocenters. The van der Waals surface area contributed by atoms with Gasteiger partial charge in [0.2, 0.25) is 0 Å². The van der Waals surface area contributed by atoms with Crippen molar-refractivity contribution >= 4 is 17.3 Å². The smallest absolute Gasteiger partial charge is 0.0476 e.